The van der Waals surface area contributed by atoms with Crippen LogP contribution in [-0.2, 0) is 0 Å². The molecule has 48 valence electrons. The zero-order chi connectivity index (χ0) is 6.41. The predicted molar refractivity (Wildman–Crippen MR) is 42.4 cm³/mol. The molecule has 0 aromatic heterocycles. The van der Waals surface area contributed by atoms with Gasteiger partial charge >= 0.3 is 0 Å². The van der Waals surface area contributed by atoms with Gasteiger partial charge in [-0.15, -0.1) is 11.8 Å². The Labute approximate surface area is 59.5 Å². The summed E-state index contributed by atoms with van der Waals surface area (Å²) in [6.07, 6.45) is 1.12. The molecular weight excluding hydrogens is 140 g/mol. The molecule has 0 aromatic rings. The molecule has 0 radical (unpaired) electrons. The summed E-state index contributed by atoms with van der Waals surface area (Å²) in [5, 5.41) is 8.40. The lowest BCUT2D eigenvalue weighted by Gasteiger charge is -1.94. The summed E-state index contributed by atoms with van der Waals surface area (Å²) < 4.78 is 0.701. The molecule has 8 heavy (non-hydrogen) atoms. The molecule has 0 aliphatic carbocycles. The summed E-state index contributed by atoms with van der Waals surface area (Å²) in [6, 6.07) is 0. The molecule has 0 aliphatic heterocycles. The van der Waals surface area contributed by atoms with Gasteiger partial charge < -0.3 is 5.11 Å². The van der Waals surface area contributed by atoms with Gasteiger partial charge in [0.05, 0.1) is 10.8 Å². The van der Waals surface area contributed by atoms with E-state index < -0.39 is 0 Å². The van der Waals surface area contributed by atoms with Gasteiger partial charge in [-0.05, 0) is 12.2 Å². The van der Waals surface area contributed by atoms with Gasteiger partial charge in [0.2, 0.25) is 0 Å². The van der Waals surface area contributed by atoms with E-state index in [-0.39, 0.29) is 6.61 Å². The number of aliphatic hydroxyl groups is 1. The van der Waals surface area contributed by atoms with E-state index in [1.165, 1.54) is 0 Å². The van der Waals surface area contributed by atoms with Crippen LogP contribution in [0.3, 0.4) is 0 Å². The first-order valence-electron chi connectivity index (χ1n) is 2.57. The van der Waals surface area contributed by atoms with Crippen LogP contribution in [0, 0.1) is 0 Å². The highest BCUT2D eigenvalue weighted by atomic mass is 32.2. The lowest BCUT2D eigenvalue weighted by atomic mass is 10.6. The average Bonchev–Trinajstić information content (AvgIpc) is 1.83. The zero-order valence-corrected chi connectivity index (χ0v) is 6.52. The number of thioether (sulfide) groups is 1. The molecule has 0 rings (SSSR count). The molecule has 0 saturated heterocycles. The largest absolute Gasteiger partial charge is 0.390 e. The lowest BCUT2D eigenvalue weighted by Crippen LogP contribution is -1.94. The first-order valence-corrected chi connectivity index (χ1v) is 3.97. The summed E-state index contributed by atoms with van der Waals surface area (Å²) in [5.41, 5.74) is 0. The molecule has 0 heterocycles. The topological polar surface area (TPSA) is 20.2 Å². The summed E-state index contributed by atoms with van der Waals surface area (Å²) in [6.45, 7) is 2.13. The van der Waals surface area contributed by atoms with E-state index in [1.54, 1.807) is 11.8 Å². The van der Waals surface area contributed by atoms with Crippen LogP contribution < -0.4 is 0 Å². The lowest BCUT2D eigenvalue weighted by molar-refractivity contribution is 0.362. The van der Waals surface area contributed by atoms with Crippen molar-refractivity contribution in [2.45, 2.75) is 13.3 Å². The Morgan fingerprint density at radius 2 is 2.38 bits per heavy atom. The molecule has 0 atom stereocenters. The first kappa shape index (κ1) is 8.40. The third kappa shape index (κ3) is 4.56. The molecule has 0 unspecified atom stereocenters. The van der Waals surface area contributed by atoms with Crippen LogP contribution in [0.5, 0.6) is 0 Å². The van der Waals surface area contributed by atoms with Crippen LogP contribution in [0.15, 0.2) is 0 Å². The zero-order valence-electron chi connectivity index (χ0n) is 4.89. The van der Waals surface area contributed by atoms with Gasteiger partial charge in [0.1, 0.15) is 0 Å². The number of hydrogen-bond donors (Lipinski definition) is 1. The van der Waals surface area contributed by atoms with Crippen molar-refractivity contribution in [3.63, 3.8) is 0 Å². The molecule has 3 heteroatoms. The number of rotatable bonds is 3. The Kier molecular flexibility index (Phi) is 5.81. The first-order chi connectivity index (χ1) is 3.81. The van der Waals surface area contributed by atoms with Crippen LogP contribution >= 0.6 is 24.0 Å². The fraction of sp³-hybridized carbons (Fsp3) is 0.800. The van der Waals surface area contributed by atoms with E-state index in [9.17, 15) is 0 Å². The number of hydrogen-bond acceptors (Lipinski definition) is 3. The Morgan fingerprint density at radius 3 is 2.75 bits per heavy atom. The van der Waals surface area contributed by atoms with Crippen molar-refractivity contribution in [2.75, 3.05) is 12.4 Å². The molecule has 0 fully saturated rings. The van der Waals surface area contributed by atoms with E-state index in [4.69, 9.17) is 17.3 Å². The van der Waals surface area contributed by atoms with Gasteiger partial charge in [-0.2, -0.15) is 0 Å². The average molecular weight is 150 g/mol. The van der Waals surface area contributed by atoms with Crippen LogP contribution in [0.4, 0.5) is 0 Å². The maximum Gasteiger partial charge on any atom is 0.0842 e. The van der Waals surface area contributed by atoms with Crippen molar-refractivity contribution in [1.82, 2.24) is 0 Å². The standard InChI is InChI=1S/C5H10OS2/c1-2-3-8-5(7)4-6/h6H,2-4H2,1H3. The van der Waals surface area contributed by atoms with Crippen LogP contribution in [-0.4, -0.2) is 21.7 Å². The Balaban J connectivity index is 2.99. The van der Waals surface area contributed by atoms with Gasteiger partial charge in [0.15, 0.2) is 0 Å². The van der Waals surface area contributed by atoms with Gasteiger partial charge in [-0.1, -0.05) is 19.1 Å². The highest BCUT2D eigenvalue weighted by molar-refractivity contribution is 8.23. The molecule has 1 nitrogen and oxygen atoms in total. The molecular formula is C5H10OS2. The molecule has 0 saturated carbocycles. The van der Waals surface area contributed by atoms with Crippen molar-refractivity contribution < 1.29 is 5.11 Å². The van der Waals surface area contributed by atoms with E-state index >= 15 is 0 Å². The monoisotopic (exact) mass is 150 g/mol. The maximum atomic E-state index is 8.40. The molecule has 0 aliphatic rings. The second kappa shape index (κ2) is 5.54. The Bertz CT molecular complexity index is 72.8. The van der Waals surface area contributed by atoms with Crippen molar-refractivity contribution in [3.05, 3.63) is 0 Å². The predicted octanol–water partition coefficient (Wildman–Crippen LogP) is 1.45. The summed E-state index contributed by atoms with van der Waals surface area (Å²) in [4.78, 5) is 0. The molecule has 0 spiro atoms. The highest BCUT2D eigenvalue weighted by Gasteiger charge is 1.90. The summed E-state index contributed by atoms with van der Waals surface area (Å²) in [7, 11) is 0. The molecule has 0 amide bonds. The molecule has 0 aromatic carbocycles. The normalized spacial score (nSPS) is 9.25. The maximum absolute atomic E-state index is 8.40. The van der Waals surface area contributed by atoms with Crippen molar-refractivity contribution >= 4 is 28.2 Å². The second-order valence-electron chi connectivity index (χ2n) is 1.38. The minimum Gasteiger partial charge on any atom is -0.390 e. The molecule has 1 N–H and O–H groups in total. The Morgan fingerprint density at radius 1 is 1.75 bits per heavy atom. The van der Waals surface area contributed by atoms with E-state index in [2.05, 4.69) is 6.92 Å². The fourth-order valence-electron chi connectivity index (χ4n) is 0.262. The minimum absolute atomic E-state index is 0.0417. The number of aliphatic hydroxyl groups excluding tert-OH is 1. The van der Waals surface area contributed by atoms with Crippen molar-refractivity contribution in [1.29, 1.82) is 0 Å². The molecule has 0 bridgehead atoms. The Hall–Kier alpha value is 0.400. The van der Waals surface area contributed by atoms with Crippen LogP contribution in [0.1, 0.15) is 13.3 Å². The van der Waals surface area contributed by atoms with Crippen LogP contribution in [0.25, 0.3) is 0 Å². The second-order valence-corrected chi connectivity index (χ2v) is 3.32. The summed E-state index contributed by atoms with van der Waals surface area (Å²) >= 11 is 6.29. The van der Waals surface area contributed by atoms with Gasteiger partial charge in [-0.3, -0.25) is 0 Å². The van der Waals surface area contributed by atoms with E-state index in [1.807, 2.05) is 0 Å². The highest BCUT2D eigenvalue weighted by Crippen LogP contribution is 2.04. The third-order valence-corrected chi connectivity index (χ3v) is 2.14. The van der Waals surface area contributed by atoms with Gasteiger partial charge in [0.25, 0.3) is 0 Å². The third-order valence-electron chi connectivity index (χ3n) is 0.596. The van der Waals surface area contributed by atoms with E-state index in [0.717, 1.165) is 12.2 Å². The minimum atomic E-state index is 0.0417. The van der Waals surface area contributed by atoms with E-state index in [0.29, 0.717) is 4.20 Å². The summed E-state index contributed by atoms with van der Waals surface area (Å²) in [5.74, 6) is 1.03. The fourth-order valence-corrected chi connectivity index (χ4v) is 1.03. The van der Waals surface area contributed by atoms with Crippen LogP contribution in [0.2, 0.25) is 0 Å². The van der Waals surface area contributed by atoms with Gasteiger partial charge in [0, 0.05) is 0 Å². The van der Waals surface area contributed by atoms with Crippen molar-refractivity contribution in [2.24, 2.45) is 0 Å². The van der Waals surface area contributed by atoms with Gasteiger partial charge in [-0.25, -0.2) is 0 Å². The SMILES string of the molecule is CCCSC(=S)CO. The smallest absolute Gasteiger partial charge is 0.0842 e. The number of thiocarbonyl (C=S) groups is 1. The van der Waals surface area contributed by atoms with Crippen molar-refractivity contribution in [3.8, 4) is 0 Å². The quantitative estimate of drug-likeness (QED) is 0.615.